The number of fused-ring (bicyclic) bond motifs is 2. The summed E-state index contributed by atoms with van der Waals surface area (Å²) in [6, 6.07) is 13.4. The van der Waals surface area contributed by atoms with E-state index in [2.05, 4.69) is 61.4 Å². The van der Waals surface area contributed by atoms with Crippen LogP contribution in [0.5, 0.6) is 0 Å². The number of hydrogen-bond donors (Lipinski definition) is 0. The van der Waals surface area contributed by atoms with Gasteiger partial charge in [0.15, 0.2) is 0 Å². The molecular weight excluding hydrogens is 334 g/mol. The molecule has 0 N–H and O–H groups in total. The predicted octanol–water partition coefficient (Wildman–Crippen LogP) is 7.94. The van der Waals surface area contributed by atoms with Gasteiger partial charge in [0.1, 0.15) is 0 Å². The van der Waals surface area contributed by atoms with E-state index in [0.717, 1.165) is 6.54 Å². The van der Waals surface area contributed by atoms with Crippen molar-refractivity contribution in [3.63, 3.8) is 0 Å². The van der Waals surface area contributed by atoms with E-state index >= 15 is 0 Å². The quantitative estimate of drug-likeness (QED) is 0.416. The maximum Gasteiger partial charge on any atom is 0.0553 e. The second-order valence-electron chi connectivity index (χ2n) is 6.88. The van der Waals surface area contributed by atoms with Gasteiger partial charge in [-0.2, -0.15) is 0 Å². The molecule has 0 fully saturated rings. The van der Waals surface area contributed by atoms with Crippen molar-refractivity contribution in [2.75, 3.05) is 11.4 Å². The van der Waals surface area contributed by atoms with Gasteiger partial charge in [-0.15, -0.1) is 0 Å². The molecule has 26 heavy (non-hydrogen) atoms. The molecule has 0 radical (unpaired) electrons. The zero-order valence-corrected chi connectivity index (χ0v) is 16.7. The van der Waals surface area contributed by atoms with Gasteiger partial charge in [0, 0.05) is 16.3 Å². The fraction of sp³-hybridized carbons (Fsp3) is 0.333. The highest BCUT2D eigenvalue weighted by Gasteiger charge is 2.23. The first-order valence-corrected chi connectivity index (χ1v) is 10.6. The van der Waals surface area contributed by atoms with E-state index in [4.69, 9.17) is 0 Å². The summed E-state index contributed by atoms with van der Waals surface area (Å²) in [6.45, 7) is 11.2. The summed E-state index contributed by atoms with van der Waals surface area (Å²) >= 11 is 1.86. The van der Waals surface area contributed by atoms with Gasteiger partial charge in [-0.3, -0.25) is 0 Å². The van der Waals surface area contributed by atoms with Gasteiger partial charge in [0.25, 0.3) is 0 Å². The van der Waals surface area contributed by atoms with E-state index in [1.807, 2.05) is 23.9 Å². The van der Waals surface area contributed by atoms with Crippen molar-refractivity contribution >= 4 is 35.3 Å². The standard InChI is InChI=1S/C24H29NS/c1-4-7-8-9-10-11-16-25-21-14-12-19(5-2)17-23(21)26-24-18-20(6-3)13-15-22(24)25/h5-6,12-15,17-18H,2-4,7-11,16H2,1H3. The van der Waals surface area contributed by atoms with Crippen LogP contribution in [-0.2, 0) is 0 Å². The Balaban J connectivity index is 1.82. The molecule has 0 aromatic heterocycles. The summed E-state index contributed by atoms with van der Waals surface area (Å²) in [4.78, 5) is 5.14. The lowest BCUT2D eigenvalue weighted by Gasteiger charge is -2.33. The molecule has 0 atom stereocenters. The van der Waals surface area contributed by atoms with E-state index in [9.17, 15) is 0 Å². The van der Waals surface area contributed by atoms with Crippen LogP contribution < -0.4 is 4.90 Å². The highest BCUT2D eigenvalue weighted by Crippen LogP contribution is 2.49. The molecule has 2 heteroatoms. The molecule has 0 saturated heterocycles. The number of benzene rings is 2. The Morgan fingerprint density at radius 1 is 0.808 bits per heavy atom. The maximum atomic E-state index is 3.92. The van der Waals surface area contributed by atoms with Crippen LogP contribution in [0.2, 0.25) is 0 Å². The Kier molecular flexibility index (Phi) is 6.62. The fourth-order valence-electron chi connectivity index (χ4n) is 3.46. The minimum Gasteiger partial charge on any atom is -0.340 e. The van der Waals surface area contributed by atoms with E-state index in [1.165, 1.54) is 70.8 Å². The van der Waals surface area contributed by atoms with Crippen LogP contribution in [-0.4, -0.2) is 6.54 Å². The van der Waals surface area contributed by atoms with Crippen molar-refractivity contribution in [3.05, 3.63) is 60.7 Å². The molecule has 1 nitrogen and oxygen atoms in total. The van der Waals surface area contributed by atoms with E-state index < -0.39 is 0 Å². The molecule has 0 saturated carbocycles. The lowest BCUT2D eigenvalue weighted by Crippen LogP contribution is -2.22. The topological polar surface area (TPSA) is 3.24 Å². The number of unbranched alkanes of at least 4 members (excludes halogenated alkanes) is 5. The number of nitrogens with zero attached hydrogens (tertiary/aromatic N) is 1. The Labute approximate surface area is 162 Å². The number of anilines is 2. The molecule has 0 unspecified atom stereocenters. The SMILES string of the molecule is C=Cc1ccc2c(c1)Sc1cc(C=C)ccc1N2CCCCCCCC. The van der Waals surface area contributed by atoms with Gasteiger partial charge in [0.2, 0.25) is 0 Å². The fourth-order valence-corrected chi connectivity index (χ4v) is 4.66. The van der Waals surface area contributed by atoms with Crippen LogP contribution in [0.1, 0.15) is 56.6 Å². The van der Waals surface area contributed by atoms with E-state index in [0.29, 0.717) is 0 Å². The molecular formula is C24H29NS. The van der Waals surface area contributed by atoms with Gasteiger partial charge in [0.05, 0.1) is 11.4 Å². The lowest BCUT2D eigenvalue weighted by atomic mass is 10.1. The van der Waals surface area contributed by atoms with E-state index in [1.54, 1.807) is 0 Å². The summed E-state index contributed by atoms with van der Waals surface area (Å²) in [5, 5.41) is 0. The summed E-state index contributed by atoms with van der Waals surface area (Å²) in [5.74, 6) is 0. The number of rotatable bonds is 9. The average Bonchev–Trinajstić information content (AvgIpc) is 2.68. The highest BCUT2D eigenvalue weighted by atomic mass is 32.2. The average molecular weight is 364 g/mol. The molecule has 1 aliphatic heterocycles. The first kappa shape index (κ1) is 18.8. The normalized spacial score (nSPS) is 12.4. The third-order valence-electron chi connectivity index (χ3n) is 4.98. The minimum absolute atomic E-state index is 1.08. The molecule has 1 aliphatic rings. The van der Waals surface area contributed by atoms with Gasteiger partial charge < -0.3 is 4.90 Å². The Morgan fingerprint density at radius 2 is 1.35 bits per heavy atom. The highest BCUT2D eigenvalue weighted by molar-refractivity contribution is 7.99. The monoisotopic (exact) mass is 363 g/mol. The third kappa shape index (κ3) is 4.24. The molecule has 1 heterocycles. The molecule has 0 spiro atoms. The second kappa shape index (κ2) is 9.14. The van der Waals surface area contributed by atoms with Crippen LogP contribution in [0.3, 0.4) is 0 Å². The van der Waals surface area contributed by atoms with Gasteiger partial charge in [-0.25, -0.2) is 0 Å². The second-order valence-corrected chi connectivity index (χ2v) is 7.97. The summed E-state index contributed by atoms with van der Waals surface area (Å²) in [7, 11) is 0. The third-order valence-corrected chi connectivity index (χ3v) is 6.07. The molecule has 136 valence electrons. The minimum atomic E-state index is 1.08. The Bertz CT molecular complexity index is 720. The Morgan fingerprint density at radius 3 is 1.88 bits per heavy atom. The molecule has 0 amide bonds. The summed E-state index contributed by atoms with van der Waals surface area (Å²) < 4.78 is 0. The van der Waals surface area contributed by atoms with Crippen molar-refractivity contribution in [2.45, 2.75) is 55.2 Å². The van der Waals surface area contributed by atoms with Crippen LogP contribution in [0.4, 0.5) is 11.4 Å². The van der Waals surface area contributed by atoms with Crippen molar-refractivity contribution in [1.82, 2.24) is 0 Å². The van der Waals surface area contributed by atoms with Crippen molar-refractivity contribution < 1.29 is 0 Å². The van der Waals surface area contributed by atoms with Crippen LogP contribution in [0.25, 0.3) is 12.2 Å². The molecule has 2 aromatic carbocycles. The van der Waals surface area contributed by atoms with Gasteiger partial charge in [-0.05, 0) is 41.8 Å². The molecule has 2 aromatic rings. The van der Waals surface area contributed by atoms with E-state index in [-0.39, 0.29) is 0 Å². The van der Waals surface area contributed by atoms with Crippen LogP contribution in [0.15, 0.2) is 59.3 Å². The first-order chi connectivity index (χ1) is 12.8. The van der Waals surface area contributed by atoms with Gasteiger partial charge >= 0.3 is 0 Å². The summed E-state index contributed by atoms with van der Waals surface area (Å²) in [6.07, 6.45) is 11.8. The van der Waals surface area contributed by atoms with Gasteiger partial charge in [-0.1, -0.05) is 88.2 Å². The maximum absolute atomic E-state index is 3.92. The Hall–Kier alpha value is -1.93. The predicted molar refractivity (Wildman–Crippen MR) is 118 cm³/mol. The lowest BCUT2D eigenvalue weighted by molar-refractivity contribution is 0.608. The molecule has 3 rings (SSSR count). The van der Waals surface area contributed by atoms with Crippen LogP contribution >= 0.6 is 11.8 Å². The summed E-state index contributed by atoms with van der Waals surface area (Å²) in [5.41, 5.74) is 5.01. The zero-order chi connectivity index (χ0) is 18.4. The van der Waals surface area contributed by atoms with Crippen LogP contribution in [0, 0.1) is 0 Å². The van der Waals surface area contributed by atoms with Crippen molar-refractivity contribution in [2.24, 2.45) is 0 Å². The number of hydrogen-bond acceptors (Lipinski definition) is 2. The largest absolute Gasteiger partial charge is 0.340 e. The molecule has 0 bridgehead atoms. The zero-order valence-electron chi connectivity index (χ0n) is 15.8. The smallest absolute Gasteiger partial charge is 0.0553 e. The van der Waals surface area contributed by atoms with Crippen molar-refractivity contribution in [1.29, 1.82) is 0 Å². The molecule has 0 aliphatic carbocycles. The first-order valence-electron chi connectivity index (χ1n) is 9.75. The van der Waals surface area contributed by atoms with Crippen molar-refractivity contribution in [3.8, 4) is 0 Å².